The van der Waals surface area contributed by atoms with E-state index in [1.165, 1.54) is 0 Å². The molecule has 0 aliphatic heterocycles. The van der Waals surface area contributed by atoms with Crippen molar-refractivity contribution in [2.75, 3.05) is 5.32 Å². The molecule has 0 radical (unpaired) electrons. The number of benzene rings is 1. The van der Waals surface area contributed by atoms with Gasteiger partial charge in [-0.25, -0.2) is 4.98 Å². The van der Waals surface area contributed by atoms with Crippen LogP contribution in [-0.2, 0) is 0 Å². The van der Waals surface area contributed by atoms with Gasteiger partial charge in [0.1, 0.15) is 4.60 Å². The summed E-state index contributed by atoms with van der Waals surface area (Å²) in [5.74, 6) is -0.189. The summed E-state index contributed by atoms with van der Waals surface area (Å²) in [5, 5.41) is 2.83. The monoisotopic (exact) mass is 368 g/mol. The SMILES string of the molecule is Cc1ccc(NC(=O)c2cccnc2Br)cc1Br. The van der Waals surface area contributed by atoms with Crippen molar-refractivity contribution in [1.29, 1.82) is 0 Å². The van der Waals surface area contributed by atoms with Gasteiger partial charge in [0, 0.05) is 16.4 Å². The Bertz CT molecular complexity index is 599. The molecule has 0 spiro atoms. The van der Waals surface area contributed by atoms with Gasteiger partial charge in [-0.2, -0.15) is 0 Å². The summed E-state index contributed by atoms with van der Waals surface area (Å²) < 4.78 is 1.50. The van der Waals surface area contributed by atoms with E-state index in [-0.39, 0.29) is 5.91 Å². The second-order valence-corrected chi connectivity index (χ2v) is 5.37. The fourth-order valence-electron chi connectivity index (χ4n) is 1.42. The highest BCUT2D eigenvalue weighted by molar-refractivity contribution is 9.10. The van der Waals surface area contributed by atoms with Crippen molar-refractivity contribution in [2.45, 2.75) is 6.92 Å². The first kappa shape index (κ1) is 13.2. The first-order chi connectivity index (χ1) is 8.58. The molecule has 1 N–H and O–H groups in total. The molecule has 1 amide bonds. The van der Waals surface area contributed by atoms with Gasteiger partial charge in [-0.3, -0.25) is 4.79 Å². The van der Waals surface area contributed by atoms with Crippen molar-refractivity contribution >= 4 is 43.5 Å². The van der Waals surface area contributed by atoms with Crippen LogP contribution in [0.3, 0.4) is 0 Å². The summed E-state index contributed by atoms with van der Waals surface area (Å²) in [7, 11) is 0. The molecule has 2 rings (SSSR count). The van der Waals surface area contributed by atoms with Crippen molar-refractivity contribution in [3.05, 3.63) is 56.7 Å². The summed E-state index contributed by atoms with van der Waals surface area (Å²) in [6, 6.07) is 9.12. The highest BCUT2D eigenvalue weighted by Crippen LogP contribution is 2.22. The second kappa shape index (κ2) is 5.63. The van der Waals surface area contributed by atoms with Gasteiger partial charge in [-0.1, -0.05) is 22.0 Å². The van der Waals surface area contributed by atoms with E-state index in [0.29, 0.717) is 10.2 Å². The van der Waals surface area contributed by atoms with E-state index >= 15 is 0 Å². The van der Waals surface area contributed by atoms with Gasteiger partial charge in [0.2, 0.25) is 0 Å². The minimum absolute atomic E-state index is 0.189. The van der Waals surface area contributed by atoms with Gasteiger partial charge in [-0.05, 0) is 52.7 Å². The van der Waals surface area contributed by atoms with Crippen LogP contribution in [0, 0.1) is 6.92 Å². The zero-order valence-electron chi connectivity index (χ0n) is 9.58. The Kier molecular flexibility index (Phi) is 4.14. The smallest absolute Gasteiger partial charge is 0.258 e. The molecule has 0 atom stereocenters. The molecule has 0 bridgehead atoms. The van der Waals surface area contributed by atoms with Crippen LogP contribution in [-0.4, -0.2) is 10.9 Å². The summed E-state index contributed by atoms with van der Waals surface area (Å²) in [6.07, 6.45) is 1.63. The van der Waals surface area contributed by atoms with E-state index in [1.54, 1.807) is 18.3 Å². The number of anilines is 1. The highest BCUT2D eigenvalue weighted by Gasteiger charge is 2.10. The number of hydrogen-bond donors (Lipinski definition) is 1. The topological polar surface area (TPSA) is 42.0 Å². The minimum Gasteiger partial charge on any atom is -0.322 e. The van der Waals surface area contributed by atoms with Crippen LogP contribution in [0.25, 0.3) is 0 Å². The Morgan fingerprint density at radius 1 is 1.28 bits per heavy atom. The van der Waals surface area contributed by atoms with Gasteiger partial charge in [0.05, 0.1) is 5.56 Å². The molecule has 0 aliphatic carbocycles. The zero-order valence-corrected chi connectivity index (χ0v) is 12.7. The molecule has 0 saturated heterocycles. The average molecular weight is 370 g/mol. The van der Waals surface area contributed by atoms with E-state index in [4.69, 9.17) is 0 Å². The Balaban J connectivity index is 2.22. The first-order valence-electron chi connectivity index (χ1n) is 5.26. The third-order valence-electron chi connectivity index (χ3n) is 2.43. The number of nitrogens with one attached hydrogen (secondary N) is 1. The number of aryl methyl sites for hydroxylation is 1. The number of rotatable bonds is 2. The van der Waals surface area contributed by atoms with Crippen molar-refractivity contribution in [1.82, 2.24) is 4.98 Å². The van der Waals surface area contributed by atoms with Crippen molar-refractivity contribution < 1.29 is 4.79 Å². The number of carbonyl (C=O) groups is 1. The molecule has 0 saturated carbocycles. The predicted octanol–water partition coefficient (Wildman–Crippen LogP) is 4.17. The Morgan fingerprint density at radius 2 is 2.06 bits per heavy atom. The minimum atomic E-state index is -0.189. The molecular weight excluding hydrogens is 360 g/mol. The zero-order chi connectivity index (χ0) is 13.1. The summed E-state index contributed by atoms with van der Waals surface area (Å²) >= 11 is 6.69. The maximum Gasteiger partial charge on any atom is 0.258 e. The number of hydrogen-bond acceptors (Lipinski definition) is 2. The normalized spacial score (nSPS) is 10.2. The fourth-order valence-corrected chi connectivity index (χ4v) is 2.23. The van der Waals surface area contributed by atoms with Crippen molar-refractivity contribution in [3.63, 3.8) is 0 Å². The number of amides is 1. The van der Waals surface area contributed by atoms with Gasteiger partial charge in [0.25, 0.3) is 5.91 Å². The van der Waals surface area contributed by atoms with Crippen LogP contribution in [0.5, 0.6) is 0 Å². The number of aromatic nitrogens is 1. The van der Waals surface area contributed by atoms with Crippen molar-refractivity contribution in [2.24, 2.45) is 0 Å². The second-order valence-electron chi connectivity index (χ2n) is 3.76. The van der Waals surface area contributed by atoms with Crippen LogP contribution in [0.1, 0.15) is 15.9 Å². The Labute approximate surface area is 122 Å². The standard InChI is InChI=1S/C13H10Br2N2O/c1-8-4-5-9(7-11(8)14)17-13(18)10-3-2-6-16-12(10)15/h2-7H,1H3,(H,17,18). The number of pyridine rings is 1. The van der Waals surface area contributed by atoms with Crippen LogP contribution in [0.4, 0.5) is 5.69 Å². The van der Waals surface area contributed by atoms with E-state index in [1.807, 2.05) is 25.1 Å². The lowest BCUT2D eigenvalue weighted by Gasteiger charge is -2.07. The van der Waals surface area contributed by atoms with E-state index in [0.717, 1.165) is 15.7 Å². The molecule has 0 fully saturated rings. The maximum atomic E-state index is 12.0. The molecule has 2 aromatic rings. The average Bonchev–Trinajstić information content (AvgIpc) is 2.34. The Morgan fingerprint density at radius 3 is 2.72 bits per heavy atom. The quantitative estimate of drug-likeness (QED) is 0.807. The molecule has 1 heterocycles. The molecule has 3 nitrogen and oxygen atoms in total. The summed E-state index contributed by atoms with van der Waals surface area (Å²) in [6.45, 7) is 1.99. The van der Waals surface area contributed by atoms with E-state index < -0.39 is 0 Å². The number of nitrogens with zero attached hydrogens (tertiary/aromatic N) is 1. The molecular formula is C13H10Br2N2O. The lowest BCUT2D eigenvalue weighted by Crippen LogP contribution is -2.13. The summed E-state index contributed by atoms with van der Waals surface area (Å²) in [4.78, 5) is 16.1. The third-order valence-corrected chi connectivity index (χ3v) is 3.92. The molecule has 5 heteroatoms. The molecule has 0 aliphatic rings. The Hall–Kier alpha value is -1.20. The molecule has 0 unspecified atom stereocenters. The van der Waals surface area contributed by atoms with Gasteiger partial charge in [-0.15, -0.1) is 0 Å². The van der Waals surface area contributed by atoms with E-state index in [2.05, 4.69) is 42.2 Å². The molecule has 18 heavy (non-hydrogen) atoms. The van der Waals surface area contributed by atoms with Gasteiger partial charge >= 0.3 is 0 Å². The third kappa shape index (κ3) is 2.97. The van der Waals surface area contributed by atoms with Crippen LogP contribution in [0.15, 0.2) is 45.6 Å². The van der Waals surface area contributed by atoms with Crippen molar-refractivity contribution in [3.8, 4) is 0 Å². The fraction of sp³-hybridized carbons (Fsp3) is 0.0769. The van der Waals surface area contributed by atoms with E-state index in [9.17, 15) is 4.79 Å². The van der Waals surface area contributed by atoms with Gasteiger partial charge in [0.15, 0.2) is 0 Å². The molecule has 1 aromatic heterocycles. The first-order valence-corrected chi connectivity index (χ1v) is 6.84. The van der Waals surface area contributed by atoms with Gasteiger partial charge < -0.3 is 5.32 Å². The van der Waals surface area contributed by atoms with Crippen LogP contribution >= 0.6 is 31.9 Å². The summed E-state index contributed by atoms with van der Waals surface area (Å²) in [5.41, 5.74) is 2.37. The lowest BCUT2D eigenvalue weighted by atomic mass is 10.2. The molecule has 92 valence electrons. The number of halogens is 2. The maximum absolute atomic E-state index is 12.0. The molecule has 1 aromatic carbocycles. The number of carbonyl (C=O) groups excluding carboxylic acids is 1. The van der Waals surface area contributed by atoms with Crippen LogP contribution in [0.2, 0.25) is 0 Å². The highest BCUT2D eigenvalue weighted by atomic mass is 79.9. The lowest BCUT2D eigenvalue weighted by molar-refractivity contribution is 0.102. The largest absolute Gasteiger partial charge is 0.322 e. The van der Waals surface area contributed by atoms with Crippen LogP contribution < -0.4 is 5.32 Å². The predicted molar refractivity (Wildman–Crippen MR) is 78.8 cm³/mol.